The van der Waals surface area contributed by atoms with Crippen LogP contribution in [0.3, 0.4) is 0 Å². The SMILES string of the molecule is CN(C)c1nc(-c2ccc(S(=O)(=O)N3CCCC3)cc2)cs1. The van der Waals surface area contributed by atoms with E-state index in [1.54, 1.807) is 27.8 Å². The Morgan fingerprint density at radius 1 is 1.14 bits per heavy atom. The fourth-order valence-electron chi connectivity index (χ4n) is 2.48. The number of sulfonamides is 1. The zero-order chi connectivity index (χ0) is 15.7. The van der Waals surface area contributed by atoms with Gasteiger partial charge in [0.15, 0.2) is 5.13 Å². The van der Waals surface area contributed by atoms with E-state index in [-0.39, 0.29) is 0 Å². The molecule has 7 heteroatoms. The fourth-order valence-corrected chi connectivity index (χ4v) is 4.76. The molecule has 0 amide bonds. The highest BCUT2D eigenvalue weighted by molar-refractivity contribution is 7.89. The van der Waals surface area contributed by atoms with Crippen LogP contribution in [0.15, 0.2) is 34.5 Å². The topological polar surface area (TPSA) is 53.5 Å². The Bertz CT molecular complexity index is 745. The van der Waals surface area contributed by atoms with Gasteiger partial charge in [-0.25, -0.2) is 13.4 Å². The molecule has 1 aromatic carbocycles. The van der Waals surface area contributed by atoms with Crippen molar-refractivity contribution in [3.05, 3.63) is 29.6 Å². The van der Waals surface area contributed by atoms with Crippen LogP contribution in [0, 0.1) is 0 Å². The molecule has 0 N–H and O–H groups in total. The van der Waals surface area contributed by atoms with Crippen LogP contribution in [-0.4, -0.2) is 44.9 Å². The number of nitrogens with zero attached hydrogens (tertiary/aromatic N) is 3. The van der Waals surface area contributed by atoms with Crippen LogP contribution in [0.25, 0.3) is 11.3 Å². The highest BCUT2D eigenvalue weighted by atomic mass is 32.2. The second-order valence-electron chi connectivity index (χ2n) is 5.55. The molecule has 0 bridgehead atoms. The van der Waals surface area contributed by atoms with E-state index in [0.29, 0.717) is 18.0 Å². The number of hydrogen-bond acceptors (Lipinski definition) is 5. The lowest BCUT2D eigenvalue weighted by Gasteiger charge is -2.15. The van der Waals surface area contributed by atoms with Gasteiger partial charge >= 0.3 is 0 Å². The van der Waals surface area contributed by atoms with Crippen LogP contribution in [0.4, 0.5) is 5.13 Å². The Kier molecular flexibility index (Phi) is 4.20. The average molecular weight is 337 g/mol. The van der Waals surface area contributed by atoms with Crippen molar-refractivity contribution in [2.45, 2.75) is 17.7 Å². The molecule has 1 aliphatic rings. The molecule has 1 aromatic heterocycles. The second-order valence-corrected chi connectivity index (χ2v) is 8.32. The monoisotopic (exact) mass is 337 g/mol. The first-order valence-corrected chi connectivity index (χ1v) is 9.54. The Balaban J connectivity index is 1.86. The molecule has 22 heavy (non-hydrogen) atoms. The number of rotatable bonds is 4. The molecule has 0 atom stereocenters. The Morgan fingerprint density at radius 2 is 1.77 bits per heavy atom. The van der Waals surface area contributed by atoms with Crippen molar-refractivity contribution in [3.63, 3.8) is 0 Å². The van der Waals surface area contributed by atoms with Crippen molar-refractivity contribution >= 4 is 26.5 Å². The Labute approximate surface area is 135 Å². The molecule has 0 aliphatic carbocycles. The van der Waals surface area contributed by atoms with E-state index in [1.807, 2.05) is 36.5 Å². The summed E-state index contributed by atoms with van der Waals surface area (Å²) < 4.78 is 26.5. The molecule has 118 valence electrons. The maximum atomic E-state index is 12.5. The lowest BCUT2D eigenvalue weighted by Crippen LogP contribution is -2.27. The van der Waals surface area contributed by atoms with Crippen LogP contribution in [0.1, 0.15) is 12.8 Å². The van der Waals surface area contributed by atoms with Crippen LogP contribution in [0.2, 0.25) is 0 Å². The van der Waals surface area contributed by atoms with Crippen LogP contribution in [-0.2, 0) is 10.0 Å². The normalized spacial score (nSPS) is 16.1. The molecule has 1 saturated heterocycles. The van der Waals surface area contributed by atoms with Crippen molar-refractivity contribution in [2.24, 2.45) is 0 Å². The van der Waals surface area contributed by atoms with E-state index in [9.17, 15) is 8.42 Å². The summed E-state index contributed by atoms with van der Waals surface area (Å²) in [5.41, 5.74) is 1.81. The van der Waals surface area contributed by atoms with Crippen molar-refractivity contribution in [1.82, 2.24) is 9.29 Å². The first kappa shape index (κ1) is 15.5. The number of anilines is 1. The minimum absolute atomic E-state index is 0.362. The van der Waals surface area contributed by atoms with E-state index in [2.05, 4.69) is 4.98 Å². The third kappa shape index (κ3) is 2.88. The van der Waals surface area contributed by atoms with Gasteiger partial charge in [-0.3, -0.25) is 0 Å². The smallest absolute Gasteiger partial charge is 0.243 e. The Hall–Kier alpha value is -1.44. The molecular weight excluding hydrogens is 318 g/mol. The van der Waals surface area contributed by atoms with Crippen LogP contribution >= 0.6 is 11.3 Å². The molecule has 0 saturated carbocycles. The largest absolute Gasteiger partial charge is 0.354 e. The van der Waals surface area contributed by atoms with Gasteiger partial charge in [0, 0.05) is 38.1 Å². The van der Waals surface area contributed by atoms with E-state index in [1.165, 1.54) is 0 Å². The molecular formula is C15H19N3O2S2. The standard InChI is InChI=1S/C15H19N3O2S2/c1-17(2)15-16-14(11-21-15)12-5-7-13(8-6-12)22(19,20)18-9-3-4-10-18/h5-8,11H,3-4,9-10H2,1-2H3. The van der Waals surface area contributed by atoms with Crippen molar-refractivity contribution < 1.29 is 8.42 Å². The molecule has 3 rings (SSSR count). The molecule has 5 nitrogen and oxygen atoms in total. The number of thiazole rings is 1. The zero-order valence-electron chi connectivity index (χ0n) is 12.7. The minimum Gasteiger partial charge on any atom is -0.354 e. The number of hydrogen-bond donors (Lipinski definition) is 0. The summed E-state index contributed by atoms with van der Waals surface area (Å²) in [6, 6.07) is 7.02. The van der Waals surface area contributed by atoms with Gasteiger partial charge in [0.2, 0.25) is 10.0 Å². The summed E-state index contributed by atoms with van der Waals surface area (Å²) in [6.07, 6.45) is 1.90. The van der Waals surface area contributed by atoms with E-state index in [0.717, 1.165) is 29.2 Å². The summed E-state index contributed by atoms with van der Waals surface area (Å²) in [7, 11) is 0.567. The minimum atomic E-state index is -3.34. The summed E-state index contributed by atoms with van der Waals surface area (Å²) >= 11 is 1.57. The molecule has 1 fully saturated rings. The van der Waals surface area contributed by atoms with Crippen LogP contribution in [0.5, 0.6) is 0 Å². The van der Waals surface area contributed by atoms with Gasteiger partial charge in [-0.05, 0) is 25.0 Å². The lowest BCUT2D eigenvalue weighted by molar-refractivity contribution is 0.477. The maximum Gasteiger partial charge on any atom is 0.243 e. The summed E-state index contributed by atoms with van der Waals surface area (Å²) in [6.45, 7) is 1.25. The highest BCUT2D eigenvalue weighted by Gasteiger charge is 2.26. The quantitative estimate of drug-likeness (QED) is 0.861. The molecule has 1 aliphatic heterocycles. The van der Waals surface area contributed by atoms with Gasteiger partial charge < -0.3 is 4.90 Å². The first-order valence-electron chi connectivity index (χ1n) is 7.22. The Morgan fingerprint density at radius 3 is 2.32 bits per heavy atom. The van der Waals surface area contributed by atoms with Gasteiger partial charge in [-0.2, -0.15) is 4.31 Å². The van der Waals surface area contributed by atoms with Gasteiger partial charge in [-0.15, -0.1) is 11.3 Å². The fraction of sp³-hybridized carbons (Fsp3) is 0.400. The summed E-state index contributed by atoms with van der Waals surface area (Å²) in [4.78, 5) is 6.85. The van der Waals surface area contributed by atoms with Gasteiger partial charge in [0.05, 0.1) is 10.6 Å². The molecule has 0 spiro atoms. The third-order valence-electron chi connectivity index (χ3n) is 3.73. The van der Waals surface area contributed by atoms with E-state index in [4.69, 9.17) is 0 Å². The van der Waals surface area contributed by atoms with Crippen molar-refractivity contribution in [1.29, 1.82) is 0 Å². The molecule has 2 heterocycles. The number of benzene rings is 1. The molecule has 0 radical (unpaired) electrons. The van der Waals surface area contributed by atoms with E-state index < -0.39 is 10.0 Å². The van der Waals surface area contributed by atoms with Gasteiger partial charge in [-0.1, -0.05) is 12.1 Å². The lowest BCUT2D eigenvalue weighted by atomic mass is 10.2. The predicted octanol–water partition coefficient (Wildman–Crippen LogP) is 2.66. The molecule has 0 unspecified atom stereocenters. The van der Waals surface area contributed by atoms with Crippen LogP contribution < -0.4 is 4.90 Å². The highest BCUT2D eigenvalue weighted by Crippen LogP contribution is 2.28. The predicted molar refractivity (Wildman–Crippen MR) is 89.9 cm³/mol. The average Bonchev–Trinajstić information content (AvgIpc) is 3.19. The zero-order valence-corrected chi connectivity index (χ0v) is 14.3. The summed E-state index contributed by atoms with van der Waals surface area (Å²) in [5.74, 6) is 0. The van der Waals surface area contributed by atoms with Crippen molar-refractivity contribution in [2.75, 3.05) is 32.1 Å². The van der Waals surface area contributed by atoms with E-state index >= 15 is 0 Å². The summed E-state index contributed by atoms with van der Waals surface area (Å²) in [5, 5.41) is 2.92. The molecule has 2 aromatic rings. The third-order valence-corrected chi connectivity index (χ3v) is 6.65. The maximum absolute atomic E-state index is 12.5. The van der Waals surface area contributed by atoms with Crippen molar-refractivity contribution in [3.8, 4) is 11.3 Å². The van der Waals surface area contributed by atoms with Gasteiger partial charge in [0.1, 0.15) is 0 Å². The first-order chi connectivity index (χ1) is 10.5. The number of aromatic nitrogens is 1. The van der Waals surface area contributed by atoms with Gasteiger partial charge in [0.25, 0.3) is 0 Å². The second kappa shape index (κ2) is 5.98.